The van der Waals surface area contributed by atoms with Gasteiger partial charge in [0.1, 0.15) is 0 Å². The first-order chi connectivity index (χ1) is 6.70. The number of hydrogen-bond donors (Lipinski definition) is 0. The fourth-order valence-electron chi connectivity index (χ4n) is 0.684. The van der Waals surface area contributed by atoms with Crippen molar-refractivity contribution >= 4 is 24.0 Å². The van der Waals surface area contributed by atoms with Crippen LogP contribution in [0.2, 0.25) is 0 Å². The Morgan fingerprint density at radius 1 is 1.47 bits per heavy atom. The zero-order valence-electron chi connectivity index (χ0n) is 8.48. The summed E-state index contributed by atoms with van der Waals surface area (Å²) in [6.07, 6.45) is 3.31. The molecular weight excluding hydrogens is 260 g/mol. The molecular formula is C9H13CuN4S+3. The first-order valence-electron chi connectivity index (χ1n) is 4.11. The maximum Gasteiger partial charge on any atom is 2.00 e. The molecule has 0 aromatic carbocycles. The van der Waals surface area contributed by atoms with Crippen LogP contribution in [-0.4, -0.2) is 35.4 Å². The molecule has 1 rings (SSSR count). The van der Waals surface area contributed by atoms with Gasteiger partial charge in [-0.25, -0.2) is 0 Å². The van der Waals surface area contributed by atoms with Gasteiger partial charge in [0.15, 0.2) is 0 Å². The van der Waals surface area contributed by atoms with Crippen LogP contribution in [0.3, 0.4) is 0 Å². The summed E-state index contributed by atoms with van der Waals surface area (Å²) in [4.78, 5) is 5.88. The Balaban J connectivity index is 0.00000196. The van der Waals surface area contributed by atoms with Crippen molar-refractivity contribution in [2.45, 2.75) is 0 Å². The van der Waals surface area contributed by atoms with E-state index in [1.165, 1.54) is 0 Å². The van der Waals surface area contributed by atoms with Gasteiger partial charge in [-0.15, -0.1) is 0 Å². The van der Waals surface area contributed by atoms with E-state index in [0.717, 1.165) is 5.69 Å². The molecule has 1 heterocycles. The Labute approximate surface area is 105 Å². The van der Waals surface area contributed by atoms with Gasteiger partial charge >= 0.3 is 22.2 Å². The van der Waals surface area contributed by atoms with Gasteiger partial charge in [-0.05, 0) is 12.1 Å². The van der Waals surface area contributed by atoms with Crippen LogP contribution >= 0.6 is 0 Å². The van der Waals surface area contributed by atoms with Crippen molar-refractivity contribution in [3.8, 4) is 0 Å². The maximum atomic E-state index is 4.07. The molecule has 15 heavy (non-hydrogen) atoms. The fraction of sp³-hybridized carbons (Fsp3) is 0.222. The summed E-state index contributed by atoms with van der Waals surface area (Å²) in [5.41, 5.74) is 0.787. The Morgan fingerprint density at radius 2 is 2.20 bits per heavy atom. The van der Waals surface area contributed by atoms with Crippen molar-refractivity contribution in [3.63, 3.8) is 0 Å². The van der Waals surface area contributed by atoms with E-state index < -0.39 is 0 Å². The fourth-order valence-corrected chi connectivity index (χ4v) is 0.742. The van der Waals surface area contributed by atoms with E-state index >= 15 is 0 Å². The van der Waals surface area contributed by atoms with E-state index in [0.29, 0.717) is 5.17 Å². The minimum absolute atomic E-state index is 0. The Bertz CT molecular complexity index is 337. The minimum Gasteiger partial charge on any atom is -0.321 e. The van der Waals surface area contributed by atoms with Gasteiger partial charge in [0, 0.05) is 32.9 Å². The zero-order chi connectivity index (χ0) is 10.4. The van der Waals surface area contributed by atoms with E-state index in [1.807, 2.05) is 37.2 Å². The summed E-state index contributed by atoms with van der Waals surface area (Å²) in [6, 6.07) is 5.62. The number of rotatable bonds is 2. The molecule has 0 atom stereocenters. The molecule has 0 N–H and O–H groups in total. The minimum atomic E-state index is 0. The molecule has 6 heteroatoms. The number of pyridine rings is 1. The number of hydrogen-bond acceptors (Lipinski definition) is 3. The molecule has 1 aromatic heterocycles. The van der Waals surface area contributed by atoms with E-state index in [4.69, 9.17) is 0 Å². The van der Waals surface area contributed by atoms with Crippen LogP contribution in [0.4, 0.5) is 0 Å². The molecule has 0 saturated carbocycles. The van der Waals surface area contributed by atoms with Crippen LogP contribution < -0.4 is 0 Å². The van der Waals surface area contributed by atoms with Gasteiger partial charge in [0.2, 0.25) is 0 Å². The number of amidine groups is 1. The third-order valence-corrected chi connectivity index (χ3v) is 2.00. The Hall–Kier alpha value is -0.841. The Morgan fingerprint density at radius 3 is 2.73 bits per heavy atom. The maximum absolute atomic E-state index is 4.07. The monoisotopic (exact) mass is 272 g/mol. The summed E-state index contributed by atoms with van der Waals surface area (Å²) < 4.78 is 0. The summed E-state index contributed by atoms with van der Waals surface area (Å²) in [7, 11) is 3.75. The largest absolute Gasteiger partial charge is 2.00 e. The third kappa shape index (κ3) is 5.57. The van der Waals surface area contributed by atoms with Gasteiger partial charge in [0.25, 0.3) is 0 Å². The van der Waals surface area contributed by atoms with Crippen LogP contribution in [0, 0.1) is 0 Å². The zero-order valence-corrected chi connectivity index (χ0v) is 10.4. The van der Waals surface area contributed by atoms with Crippen molar-refractivity contribution < 1.29 is 17.1 Å². The summed E-state index contributed by atoms with van der Waals surface area (Å²) in [5.74, 6) is 0. The predicted molar refractivity (Wildman–Crippen MR) is 63.1 cm³/mol. The smallest absolute Gasteiger partial charge is 0.321 e. The van der Waals surface area contributed by atoms with Crippen molar-refractivity contribution in [2.75, 3.05) is 14.1 Å². The average Bonchev–Trinajstić information content (AvgIpc) is 2.19. The molecule has 83 valence electrons. The third-order valence-electron chi connectivity index (χ3n) is 1.45. The van der Waals surface area contributed by atoms with Crippen molar-refractivity contribution in [1.82, 2.24) is 9.88 Å². The summed E-state index contributed by atoms with van der Waals surface area (Å²) in [5, 5.41) is 8.44. The molecule has 0 unspecified atom stereocenters. The van der Waals surface area contributed by atoms with Gasteiger partial charge in [0.05, 0.1) is 11.9 Å². The molecule has 0 bridgehead atoms. The van der Waals surface area contributed by atoms with E-state index in [-0.39, 0.29) is 17.1 Å². The average molecular weight is 273 g/mol. The summed E-state index contributed by atoms with van der Waals surface area (Å²) >= 11 is 3.31. The van der Waals surface area contributed by atoms with Crippen LogP contribution in [0.15, 0.2) is 34.6 Å². The van der Waals surface area contributed by atoms with Crippen molar-refractivity contribution in [1.29, 1.82) is 0 Å². The molecule has 0 amide bonds. The van der Waals surface area contributed by atoms with Gasteiger partial charge in [-0.3, -0.25) is 4.98 Å². The van der Waals surface area contributed by atoms with Gasteiger partial charge < -0.3 is 4.90 Å². The predicted octanol–water partition coefficient (Wildman–Crippen LogP) is 0.342. The van der Waals surface area contributed by atoms with E-state index in [2.05, 4.69) is 27.8 Å². The van der Waals surface area contributed by atoms with Gasteiger partial charge in [-0.2, -0.15) is 5.10 Å². The van der Waals surface area contributed by atoms with Crippen LogP contribution in [0.1, 0.15) is 5.69 Å². The van der Waals surface area contributed by atoms with E-state index in [9.17, 15) is 0 Å². The first kappa shape index (κ1) is 14.2. The van der Waals surface area contributed by atoms with Crippen molar-refractivity contribution in [2.24, 2.45) is 10.2 Å². The normalized spacial score (nSPS) is 11.3. The Kier molecular flexibility index (Phi) is 7.03. The molecule has 1 radical (unpaired) electrons. The second kappa shape index (κ2) is 7.45. The molecule has 4 nitrogen and oxygen atoms in total. The molecule has 0 aliphatic rings. The quantitative estimate of drug-likeness (QED) is 0.256. The molecule has 1 aromatic rings. The van der Waals surface area contributed by atoms with Crippen LogP contribution in [0.25, 0.3) is 0 Å². The molecule has 0 saturated heterocycles. The molecule has 0 aliphatic carbocycles. The van der Waals surface area contributed by atoms with E-state index in [1.54, 1.807) is 12.4 Å². The van der Waals surface area contributed by atoms with Crippen molar-refractivity contribution in [3.05, 3.63) is 30.1 Å². The topological polar surface area (TPSA) is 40.9 Å². The molecule has 0 spiro atoms. The second-order valence-electron chi connectivity index (χ2n) is 2.82. The standard InChI is InChI=1S/C9H12N4S.Cu/c1-13(2)9(14)12-11-7-8-5-3-4-6-10-8;/h3-7H,1-2H3,(H,12,14);/q;+2/p+1. The van der Waals surface area contributed by atoms with Crippen LogP contribution in [-0.2, 0) is 29.7 Å². The number of aromatic nitrogens is 1. The second-order valence-corrected chi connectivity index (χ2v) is 3.26. The van der Waals surface area contributed by atoms with Crippen LogP contribution in [0.5, 0.6) is 0 Å². The number of nitrogens with zero attached hydrogens (tertiary/aromatic N) is 4. The first-order valence-corrected chi connectivity index (χ1v) is 4.61. The SMILES string of the molecule is CN(C)C([SH2+])=NN=Cc1ccccn1.[Cu+2]. The van der Waals surface area contributed by atoms with Gasteiger partial charge in [-0.1, -0.05) is 11.2 Å². The molecule has 0 fully saturated rings. The summed E-state index contributed by atoms with van der Waals surface area (Å²) in [6.45, 7) is 0. The molecule has 0 aliphatic heterocycles.